The van der Waals surface area contributed by atoms with Crippen LogP contribution in [0.15, 0.2) is 41.8 Å². The van der Waals surface area contributed by atoms with Gasteiger partial charge in [-0.05, 0) is 37.6 Å². The van der Waals surface area contributed by atoms with Gasteiger partial charge in [0.25, 0.3) is 10.0 Å². The summed E-state index contributed by atoms with van der Waals surface area (Å²) in [6.07, 6.45) is 3.72. The fourth-order valence-corrected chi connectivity index (χ4v) is 3.50. The molecule has 0 aliphatic carbocycles. The van der Waals surface area contributed by atoms with Gasteiger partial charge in [0.2, 0.25) is 0 Å². The molecule has 0 amide bonds. The minimum Gasteiger partial charge on any atom is -0.274 e. The molecule has 8 nitrogen and oxygen atoms in total. The van der Waals surface area contributed by atoms with Gasteiger partial charge in [-0.25, -0.2) is 12.8 Å². The van der Waals surface area contributed by atoms with Crippen LogP contribution < -0.4 is 4.72 Å². The van der Waals surface area contributed by atoms with Crippen molar-refractivity contribution in [1.82, 2.24) is 24.5 Å². The Labute approximate surface area is 144 Å². The van der Waals surface area contributed by atoms with Crippen LogP contribution >= 0.6 is 0 Å². The Balaban J connectivity index is 2.05. The van der Waals surface area contributed by atoms with Crippen molar-refractivity contribution < 1.29 is 12.8 Å². The first-order valence-electron chi connectivity index (χ1n) is 7.63. The van der Waals surface area contributed by atoms with Gasteiger partial charge < -0.3 is 0 Å². The van der Waals surface area contributed by atoms with E-state index >= 15 is 0 Å². The fraction of sp³-hybridized carbons (Fsp3) is 0.267. The summed E-state index contributed by atoms with van der Waals surface area (Å²) < 4.78 is 44.1. The SMILES string of the molecule is CCCn1nc(-n2cnnc2)c(NS(=O)(=O)c2ccc(F)cc2)c1C. The van der Waals surface area contributed by atoms with Crippen LogP contribution in [0.5, 0.6) is 0 Å². The number of hydrogen-bond acceptors (Lipinski definition) is 5. The van der Waals surface area contributed by atoms with Crippen molar-refractivity contribution in [2.45, 2.75) is 31.7 Å². The molecule has 0 atom stereocenters. The fourth-order valence-electron chi connectivity index (χ4n) is 2.38. The van der Waals surface area contributed by atoms with Gasteiger partial charge in [0.1, 0.15) is 24.2 Å². The van der Waals surface area contributed by atoms with Crippen LogP contribution in [-0.4, -0.2) is 33.0 Å². The number of nitrogens with one attached hydrogen (secondary N) is 1. The van der Waals surface area contributed by atoms with Crippen molar-refractivity contribution in [2.24, 2.45) is 0 Å². The van der Waals surface area contributed by atoms with Crippen LogP contribution in [0.3, 0.4) is 0 Å². The summed E-state index contributed by atoms with van der Waals surface area (Å²) in [7, 11) is -3.89. The number of anilines is 1. The van der Waals surface area contributed by atoms with E-state index in [1.165, 1.54) is 29.4 Å². The third-order valence-electron chi connectivity index (χ3n) is 3.65. The molecule has 0 fully saturated rings. The minimum absolute atomic E-state index is 0.0359. The average molecular weight is 364 g/mol. The molecule has 0 aliphatic heterocycles. The summed E-state index contributed by atoms with van der Waals surface area (Å²) in [6.45, 7) is 4.42. The van der Waals surface area contributed by atoms with E-state index < -0.39 is 15.8 Å². The largest absolute Gasteiger partial charge is 0.274 e. The number of hydrogen-bond donors (Lipinski definition) is 1. The first-order chi connectivity index (χ1) is 11.9. The highest BCUT2D eigenvalue weighted by atomic mass is 32.2. The first kappa shape index (κ1) is 17.1. The quantitative estimate of drug-likeness (QED) is 0.723. The molecular weight excluding hydrogens is 347 g/mol. The Hall–Kier alpha value is -2.75. The molecule has 3 aromatic rings. The van der Waals surface area contributed by atoms with Crippen molar-refractivity contribution in [3.05, 3.63) is 48.4 Å². The number of aromatic nitrogens is 5. The smallest absolute Gasteiger partial charge is 0.262 e. The third kappa shape index (κ3) is 3.38. The van der Waals surface area contributed by atoms with Gasteiger partial charge in [-0.15, -0.1) is 10.2 Å². The molecule has 0 bridgehead atoms. The zero-order valence-corrected chi connectivity index (χ0v) is 14.5. The van der Waals surface area contributed by atoms with E-state index in [4.69, 9.17) is 0 Å². The topological polar surface area (TPSA) is 94.7 Å². The second kappa shape index (κ2) is 6.63. The zero-order chi connectivity index (χ0) is 18.0. The number of nitrogens with zero attached hydrogens (tertiary/aromatic N) is 5. The lowest BCUT2D eigenvalue weighted by Crippen LogP contribution is -2.15. The summed E-state index contributed by atoms with van der Waals surface area (Å²) in [5.74, 6) is -0.127. The maximum Gasteiger partial charge on any atom is 0.262 e. The highest BCUT2D eigenvalue weighted by molar-refractivity contribution is 7.92. The Morgan fingerprint density at radius 2 is 1.80 bits per heavy atom. The number of rotatable bonds is 6. The standard InChI is InChI=1S/C15H17FN6O2S/c1-3-8-22-11(2)14(15(19-22)21-9-17-18-10-21)20-25(23,24)13-6-4-12(16)5-7-13/h4-7,9-10,20H,3,8H2,1-2H3. The molecule has 1 N–H and O–H groups in total. The number of sulfonamides is 1. The molecule has 0 saturated carbocycles. The van der Waals surface area contributed by atoms with Crippen molar-refractivity contribution in [2.75, 3.05) is 4.72 Å². The molecule has 25 heavy (non-hydrogen) atoms. The minimum atomic E-state index is -3.89. The number of aryl methyl sites for hydroxylation is 1. The second-order valence-electron chi connectivity index (χ2n) is 5.44. The van der Waals surface area contributed by atoms with Gasteiger partial charge in [0.15, 0.2) is 5.82 Å². The molecule has 10 heteroatoms. The van der Waals surface area contributed by atoms with E-state index in [2.05, 4.69) is 20.0 Å². The van der Waals surface area contributed by atoms with Crippen molar-refractivity contribution in [3.63, 3.8) is 0 Å². The highest BCUT2D eigenvalue weighted by Gasteiger charge is 2.22. The Morgan fingerprint density at radius 1 is 1.16 bits per heavy atom. The van der Waals surface area contributed by atoms with Crippen molar-refractivity contribution in [3.8, 4) is 5.82 Å². The number of halogens is 1. The number of benzene rings is 1. The molecule has 3 rings (SSSR count). The van der Waals surface area contributed by atoms with Crippen molar-refractivity contribution in [1.29, 1.82) is 0 Å². The molecule has 2 heterocycles. The lowest BCUT2D eigenvalue weighted by molar-refractivity contribution is 0.583. The predicted octanol–water partition coefficient (Wildman–Crippen LogP) is 2.12. The molecular formula is C15H17FN6O2S. The Morgan fingerprint density at radius 3 is 2.40 bits per heavy atom. The summed E-state index contributed by atoms with van der Waals surface area (Å²) in [5.41, 5.74) is 0.994. The van der Waals surface area contributed by atoms with Gasteiger partial charge in [0, 0.05) is 6.54 Å². The zero-order valence-electron chi connectivity index (χ0n) is 13.7. The van der Waals surface area contributed by atoms with Gasteiger partial charge in [-0.3, -0.25) is 14.0 Å². The molecule has 2 aromatic heterocycles. The van der Waals surface area contributed by atoms with Crippen LogP contribution in [-0.2, 0) is 16.6 Å². The molecule has 1 aromatic carbocycles. The molecule has 0 spiro atoms. The van der Waals surface area contributed by atoms with E-state index in [1.807, 2.05) is 6.92 Å². The van der Waals surface area contributed by atoms with Gasteiger partial charge >= 0.3 is 0 Å². The normalized spacial score (nSPS) is 11.6. The summed E-state index contributed by atoms with van der Waals surface area (Å²) in [6, 6.07) is 4.62. The van der Waals surface area contributed by atoms with E-state index in [-0.39, 0.29) is 4.90 Å². The maximum atomic E-state index is 13.1. The lowest BCUT2D eigenvalue weighted by atomic mass is 10.3. The summed E-state index contributed by atoms with van der Waals surface area (Å²) >= 11 is 0. The molecule has 0 saturated heterocycles. The van der Waals surface area contributed by atoms with Crippen LogP contribution in [0.4, 0.5) is 10.1 Å². The van der Waals surface area contributed by atoms with Crippen LogP contribution in [0, 0.1) is 12.7 Å². The highest BCUT2D eigenvalue weighted by Crippen LogP contribution is 2.27. The maximum absolute atomic E-state index is 13.1. The van der Waals surface area contributed by atoms with E-state index in [1.54, 1.807) is 11.6 Å². The Kier molecular flexibility index (Phi) is 4.53. The summed E-state index contributed by atoms with van der Waals surface area (Å²) in [5, 5.41) is 11.9. The summed E-state index contributed by atoms with van der Waals surface area (Å²) in [4.78, 5) is -0.0359. The average Bonchev–Trinajstić information content (AvgIpc) is 3.19. The molecule has 0 unspecified atom stereocenters. The Bertz CT molecular complexity index is 964. The van der Waals surface area contributed by atoms with Gasteiger partial charge in [0.05, 0.1) is 10.6 Å². The van der Waals surface area contributed by atoms with E-state index in [9.17, 15) is 12.8 Å². The van der Waals surface area contributed by atoms with Gasteiger partial charge in [-0.2, -0.15) is 5.10 Å². The van der Waals surface area contributed by atoms with Crippen LogP contribution in [0.25, 0.3) is 5.82 Å². The molecule has 0 radical (unpaired) electrons. The monoisotopic (exact) mass is 364 g/mol. The van der Waals surface area contributed by atoms with Gasteiger partial charge in [-0.1, -0.05) is 6.92 Å². The van der Waals surface area contributed by atoms with Crippen LogP contribution in [0.2, 0.25) is 0 Å². The predicted molar refractivity (Wildman–Crippen MR) is 89.4 cm³/mol. The first-order valence-corrected chi connectivity index (χ1v) is 9.11. The van der Waals surface area contributed by atoms with Crippen molar-refractivity contribution >= 4 is 15.7 Å². The lowest BCUT2D eigenvalue weighted by Gasteiger charge is -2.09. The molecule has 132 valence electrons. The van der Waals surface area contributed by atoms with E-state index in [0.29, 0.717) is 23.7 Å². The third-order valence-corrected chi connectivity index (χ3v) is 5.01. The van der Waals surface area contributed by atoms with E-state index in [0.717, 1.165) is 18.6 Å². The molecule has 0 aliphatic rings. The second-order valence-corrected chi connectivity index (χ2v) is 7.12. The van der Waals surface area contributed by atoms with Crippen LogP contribution in [0.1, 0.15) is 19.0 Å².